The lowest BCUT2D eigenvalue weighted by Crippen LogP contribution is -2.23. The molecule has 2 aromatic heterocycles. The lowest BCUT2D eigenvalue weighted by molar-refractivity contribution is 0.0140. The van der Waals surface area contributed by atoms with Crippen molar-refractivity contribution in [1.82, 2.24) is 25.3 Å². The van der Waals surface area contributed by atoms with Crippen LogP contribution in [-0.4, -0.2) is 49.9 Å². The van der Waals surface area contributed by atoms with Gasteiger partial charge in [0.2, 0.25) is 0 Å². The van der Waals surface area contributed by atoms with Gasteiger partial charge in [-0.15, -0.1) is 10.2 Å². The van der Waals surface area contributed by atoms with E-state index < -0.39 is 12.2 Å². The number of rotatable bonds is 6. The van der Waals surface area contributed by atoms with Crippen LogP contribution in [0, 0.1) is 0 Å². The molecule has 2 aromatic rings. The lowest BCUT2D eigenvalue weighted by atomic mass is 10.1. The second-order valence-corrected chi connectivity index (χ2v) is 4.72. The Bertz CT molecular complexity index is 545. The zero-order chi connectivity index (χ0) is 14.5. The van der Waals surface area contributed by atoms with E-state index in [9.17, 15) is 10.2 Å². The summed E-state index contributed by atoms with van der Waals surface area (Å²) in [5, 5.41) is 34.8. The average Bonchev–Trinajstić information content (AvgIpc) is 2.94. The number of hydrogen-bond acceptors (Lipinski definition) is 6. The second kappa shape index (κ2) is 6.76. The van der Waals surface area contributed by atoms with E-state index in [-0.39, 0.29) is 0 Å². The number of hydrogen-bond donors (Lipinski definition) is 3. The van der Waals surface area contributed by atoms with Gasteiger partial charge in [-0.05, 0) is 32.1 Å². The molecule has 2 atom stereocenters. The zero-order valence-electron chi connectivity index (χ0n) is 10.9. The van der Waals surface area contributed by atoms with Crippen molar-refractivity contribution in [2.24, 2.45) is 0 Å². The van der Waals surface area contributed by atoms with E-state index in [2.05, 4.69) is 20.6 Å². The first-order valence-electron chi connectivity index (χ1n) is 6.16. The lowest BCUT2D eigenvalue weighted by Gasteiger charge is -2.15. The molecule has 2 unspecified atom stereocenters. The van der Waals surface area contributed by atoms with Gasteiger partial charge in [0.05, 0.1) is 12.3 Å². The molecule has 108 valence electrons. The summed E-state index contributed by atoms with van der Waals surface area (Å²) < 4.78 is 1.46. The Morgan fingerprint density at radius 3 is 2.80 bits per heavy atom. The normalized spacial score (nSPS) is 14.2. The summed E-state index contributed by atoms with van der Waals surface area (Å²) in [5.41, 5.74) is 0.519. The van der Waals surface area contributed by atoms with Gasteiger partial charge in [0.25, 0.3) is 0 Å². The maximum Gasteiger partial charge on any atom is 0.175 e. The fourth-order valence-electron chi connectivity index (χ4n) is 1.72. The number of nitrogens with one attached hydrogen (secondary N) is 1. The minimum Gasteiger partial charge on any atom is -0.390 e. The molecule has 8 heteroatoms. The van der Waals surface area contributed by atoms with Gasteiger partial charge in [0.15, 0.2) is 11.0 Å². The van der Waals surface area contributed by atoms with Crippen molar-refractivity contribution < 1.29 is 10.2 Å². The third-order valence-electron chi connectivity index (χ3n) is 2.85. The van der Waals surface area contributed by atoms with Crippen LogP contribution in [0.1, 0.15) is 18.1 Å². The Kier molecular flexibility index (Phi) is 5.02. The van der Waals surface area contributed by atoms with E-state index in [1.54, 1.807) is 25.4 Å². The van der Waals surface area contributed by atoms with Crippen molar-refractivity contribution in [1.29, 1.82) is 0 Å². The van der Waals surface area contributed by atoms with E-state index in [4.69, 9.17) is 11.6 Å². The van der Waals surface area contributed by atoms with Crippen LogP contribution >= 0.6 is 11.6 Å². The molecule has 0 saturated heterocycles. The van der Waals surface area contributed by atoms with Crippen LogP contribution in [0.25, 0.3) is 5.82 Å². The predicted molar refractivity (Wildman–Crippen MR) is 73.7 cm³/mol. The summed E-state index contributed by atoms with van der Waals surface area (Å²) in [5.74, 6) is 0.484. The summed E-state index contributed by atoms with van der Waals surface area (Å²) >= 11 is 5.66. The highest BCUT2D eigenvalue weighted by molar-refractivity contribution is 6.29. The van der Waals surface area contributed by atoms with Crippen LogP contribution in [0.15, 0.2) is 24.5 Å². The number of nitrogens with zero attached hydrogens (tertiary/aromatic N) is 4. The van der Waals surface area contributed by atoms with E-state index in [0.29, 0.717) is 29.5 Å². The first kappa shape index (κ1) is 14.9. The molecule has 0 aliphatic carbocycles. The topological polar surface area (TPSA) is 96.1 Å². The zero-order valence-corrected chi connectivity index (χ0v) is 11.7. The average molecular weight is 298 g/mol. The van der Waals surface area contributed by atoms with Crippen LogP contribution in [0.4, 0.5) is 0 Å². The molecule has 0 saturated carbocycles. The molecule has 0 aromatic carbocycles. The molecule has 0 fully saturated rings. The first-order chi connectivity index (χ1) is 9.61. The molecular formula is C12H16ClN5O2. The highest BCUT2D eigenvalue weighted by Crippen LogP contribution is 2.19. The molecule has 2 rings (SSSR count). The molecule has 0 spiro atoms. The molecule has 7 nitrogen and oxygen atoms in total. The quantitative estimate of drug-likeness (QED) is 0.710. The fraction of sp³-hybridized carbons (Fsp3) is 0.417. The van der Waals surface area contributed by atoms with Gasteiger partial charge in [-0.3, -0.25) is 0 Å². The number of halogens is 1. The van der Waals surface area contributed by atoms with Crippen molar-refractivity contribution in [3.8, 4) is 5.82 Å². The third kappa shape index (κ3) is 3.51. The van der Waals surface area contributed by atoms with Gasteiger partial charge in [0.1, 0.15) is 6.10 Å². The fourth-order valence-corrected chi connectivity index (χ4v) is 1.82. The van der Waals surface area contributed by atoms with E-state index in [0.717, 1.165) is 0 Å². The number of aliphatic hydroxyl groups is 2. The Morgan fingerprint density at radius 2 is 2.15 bits per heavy atom. The smallest absolute Gasteiger partial charge is 0.175 e. The molecule has 0 radical (unpaired) electrons. The summed E-state index contributed by atoms with van der Waals surface area (Å²) in [7, 11) is 1.79. The summed E-state index contributed by atoms with van der Waals surface area (Å²) in [6, 6.07) is 3.26. The highest BCUT2D eigenvalue weighted by atomic mass is 35.5. The molecular weight excluding hydrogens is 282 g/mol. The van der Waals surface area contributed by atoms with Crippen molar-refractivity contribution >= 4 is 11.6 Å². The van der Waals surface area contributed by atoms with Gasteiger partial charge in [0, 0.05) is 11.8 Å². The van der Waals surface area contributed by atoms with Crippen LogP contribution in [0.2, 0.25) is 5.15 Å². The monoisotopic (exact) mass is 297 g/mol. The van der Waals surface area contributed by atoms with Crippen molar-refractivity contribution in [3.05, 3.63) is 35.2 Å². The van der Waals surface area contributed by atoms with E-state index >= 15 is 0 Å². The third-order valence-corrected chi connectivity index (χ3v) is 3.05. The van der Waals surface area contributed by atoms with Crippen LogP contribution in [0.5, 0.6) is 0 Å². The predicted octanol–water partition coefficient (Wildman–Crippen LogP) is 0.319. The van der Waals surface area contributed by atoms with Crippen LogP contribution in [-0.2, 0) is 0 Å². The molecule has 3 N–H and O–H groups in total. The Labute approximate surface area is 121 Å². The van der Waals surface area contributed by atoms with E-state index in [1.807, 2.05) is 0 Å². The largest absolute Gasteiger partial charge is 0.390 e. The van der Waals surface area contributed by atoms with Crippen molar-refractivity contribution in [2.75, 3.05) is 13.6 Å². The number of aliphatic hydroxyl groups excluding tert-OH is 2. The van der Waals surface area contributed by atoms with Gasteiger partial charge in [-0.25, -0.2) is 4.68 Å². The summed E-state index contributed by atoms with van der Waals surface area (Å²) in [4.78, 5) is 0. The molecule has 0 aliphatic rings. The molecule has 20 heavy (non-hydrogen) atoms. The maximum atomic E-state index is 10.0. The minimum atomic E-state index is -0.989. The Hall–Kier alpha value is -1.54. The van der Waals surface area contributed by atoms with Gasteiger partial charge < -0.3 is 15.5 Å². The van der Waals surface area contributed by atoms with Crippen LogP contribution < -0.4 is 5.32 Å². The highest BCUT2D eigenvalue weighted by Gasteiger charge is 2.19. The van der Waals surface area contributed by atoms with Gasteiger partial charge in [-0.2, -0.15) is 5.10 Å². The van der Waals surface area contributed by atoms with Gasteiger partial charge in [-0.1, -0.05) is 11.6 Å². The standard InChI is InChI=1S/C12H16ClN5O2/c1-14-5-4-9(19)12(20)8-6-15-18(7-8)11-3-2-10(13)16-17-11/h2-3,6-7,9,12,14,19-20H,4-5H2,1H3. The Balaban J connectivity index is 2.10. The number of aromatic nitrogens is 4. The van der Waals surface area contributed by atoms with E-state index in [1.165, 1.54) is 10.9 Å². The molecule has 0 aliphatic heterocycles. The minimum absolute atomic E-state index is 0.295. The van der Waals surface area contributed by atoms with Gasteiger partial charge >= 0.3 is 0 Å². The first-order valence-corrected chi connectivity index (χ1v) is 6.54. The molecule has 0 amide bonds. The SMILES string of the molecule is CNCCC(O)C(O)c1cnn(-c2ccc(Cl)nn2)c1. The summed E-state index contributed by atoms with van der Waals surface area (Å²) in [6.45, 7) is 0.620. The van der Waals surface area contributed by atoms with Crippen molar-refractivity contribution in [3.63, 3.8) is 0 Å². The maximum absolute atomic E-state index is 10.0. The summed E-state index contributed by atoms with van der Waals surface area (Å²) in [6.07, 6.45) is 1.70. The van der Waals surface area contributed by atoms with Crippen LogP contribution in [0.3, 0.4) is 0 Å². The molecule has 2 heterocycles. The second-order valence-electron chi connectivity index (χ2n) is 4.34. The Morgan fingerprint density at radius 1 is 1.35 bits per heavy atom. The van der Waals surface area contributed by atoms with Crippen molar-refractivity contribution in [2.45, 2.75) is 18.6 Å². The molecule has 0 bridgehead atoms.